The van der Waals surface area contributed by atoms with E-state index in [4.69, 9.17) is 5.73 Å². The van der Waals surface area contributed by atoms with Crippen molar-refractivity contribution in [3.63, 3.8) is 0 Å². The lowest BCUT2D eigenvalue weighted by molar-refractivity contribution is 0.155. The summed E-state index contributed by atoms with van der Waals surface area (Å²) in [6, 6.07) is 5.42. The fraction of sp³-hybridized carbons (Fsp3) is 0.462. The van der Waals surface area contributed by atoms with Gasteiger partial charge in [-0.1, -0.05) is 0 Å². The predicted molar refractivity (Wildman–Crippen MR) is 70.9 cm³/mol. The molecular weight excluding hydrogens is 233 g/mol. The summed E-state index contributed by atoms with van der Waals surface area (Å²) >= 11 is 0. The molecule has 0 aliphatic carbocycles. The first-order valence-electron chi connectivity index (χ1n) is 5.95. The molecule has 5 heteroatoms. The number of carbonyl (C=O) groups excluding carboxylic acids is 1. The number of nitrogens with one attached hydrogen (secondary N) is 1. The third kappa shape index (κ3) is 3.43. The highest BCUT2D eigenvalue weighted by atomic mass is 19.1. The normalized spacial score (nSPS) is 11.2. The van der Waals surface area contributed by atoms with E-state index in [1.807, 2.05) is 20.8 Å². The Labute approximate surface area is 107 Å². The van der Waals surface area contributed by atoms with Crippen LogP contribution in [0, 0.1) is 5.82 Å². The Morgan fingerprint density at radius 2 is 1.94 bits per heavy atom. The zero-order chi connectivity index (χ0) is 13.8. The van der Waals surface area contributed by atoms with Gasteiger partial charge in [-0.25, -0.2) is 9.18 Å². The van der Waals surface area contributed by atoms with E-state index in [-0.39, 0.29) is 11.8 Å². The third-order valence-electron chi connectivity index (χ3n) is 2.89. The fourth-order valence-electron chi connectivity index (χ4n) is 1.68. The van der Waals surface area contributed by atoms with Gasteiger partial charge in [0.25, 0.3) is 0 Å². The summed E-state index contributed by atoms with van der Waals surface area (Å²) < 4.78 is 12.8. The summed E-state index contributed by atoms with van der Waals surface area (Å²) in [5.41, 5.74) is 5.81. The number of anilines is 1. The largest absolute Gasteiger partial charge is 0.328 e. The summed E-state index contributed by atoms with van der Waals surface area (Å²) in [6.07, 6.45) is 0. The predicted octanol–water partition coefficient (Wildman–Crippen LogP) is 2.42. The average molecular weight is 253 g/mol. The number of benzene rings is 1. The van der Waals surface area contributed by atoms with Crippen LogP contribution in [0.1, 0.15) is 20.8 Å². The maximum Gasteiger partial charge on any atom is 0.322 e. The molecule has 0 spiro atoms. The number of rotatable bonds is 4. The number of likely N-dealkylation sites (N-methyl/N-ethyl adjacent to an activating group) is 1. The molecule has 0 heterocycles. The number of halogens is 1. The van der Waals surface area contributed by atoms with Crippen LogP contribution in [-0.4, -0.2) is 29.6 Å². The fourth-order valence-corrected chi connectivity index (χ4v) is 1.68. The van der Waals surface area contributed by atoms with Crippen LogP contribution in [0.15, 0.2) is 24.3 Å². The second-order valence-corrected chi connectivity index (χ2v) is 4.70. The Bertz CT molecular complexity index is 403. The Balaban J connectivity index is 2.77. The van der Waals surface area contributed by atoms with Crippen molar-refractivity contribution in [1.29, 1.82) is 0 Å². The number of hydrogen-bond donors (Lipinski definition) is 2. The van der Waals surface area contributed by atoms with Gasteiger partial charge >= 0.3 is 6.03 Å². The first-order chi connectivity index (χ1) is 8.40. The molecule has 2 amide bonds. The van der Waals surface area contributed by atoms with Gasteiger partial charge in [0, 0.05) is 18.8 Å². The Morgan fingerprint density at radius 1 is 1.39 bits per heavy atom. The van der Waals surface area contributed by atoms with Crippen LogP contribution >= 0.6 is 0 Å². The van der Waals surface area contributed by atoms with Gasteiger partial charge in [0.1, 0.15) is 5.82 Å². The second kappa shape index (κ2) is 5.82. The maximum atomic E-state index is 12.8. The average Bonchev–Trinajstić information content (AvgIpc) is 2.32. The van der Waals surface area contributed by atoms with Crippen molar-refractivity contribution in [3.8, 4) is 0 Å². The maximum absolute atomic E-state index is 12.8. The molecule has 1 rings (SSSR count). The van der Waals surface area contributed by atoms with Crippen LogP contribution in [0.25, 0.3) is 0 Å². The molecule has 0 bridgehead atoms. The number of hydrogen-bond acceptors (Lipinski definition) is 2. The summed E-state index contributed by atoms with van der Waals surface area (Å²) in [6.45, 7) is 6.62. The van der Waals surface area contributed by atoms with Crippen molar-refractivity contribution in [3.05, 3.63) is 30.1 Å². The number of amides is 2. The monoisotopic (exact) mass is 253 g/mol. The van der Waals surface area contributed by atoms with Gasteiger partial charge in [-0.2, -0.15) is 0 Å². The van der Waals surface area contributed by atoms with Crippen molar-refractivity contribution < 1.29 is 9.18 Å². The smallest absolute Gasteiger partial charge is 0.322 e. The van der Waals surface area contributed by atoms with Gasteiger partial charge < -0.3 is 16.0 Å². The molecule has 18 heavy (non-hydrogen) atoms. The second-order valence-electron chi connectivity index (χ2n) is 4.70. The topological polar surface area (TPSA) is 58.4 Å². The standard InChI is InChI=1S/C13H20FN3O/c1-4-17(13(2,3)9-15)12(18)16-11-7-5-10(14)6-8-11/h5-8H,4,9,15H2,1-3H3,(H,16,18). The molecule has 0 unspecified atom stereocenters. The zero-order valence-electron chi connectivity index (χ0n) is 11.0. The van der Waals surface area contributed by atoms with Crippen LogP contribution < -0.4 is 11.1 Å². The third-order valence-corrected chi connectivity index (χ3v) is 2.89. The number of urea groups is 1. The molecule has 100 valence electrons. The molecule has 4 nitrogen and oxygen atoms in total. The highest BCUT2D eigenvalue weighted by Crippen LogP contribution is 2.15. The van der Waals surface area contributed by atoms with Gasteiger partial charge in [0.05, 0.1) is 5.54 Å². The molecule has 1 aromatic rings. The van der Waals surface area contributed by atoms with Crippen LogP contribution in [0.4, 0.5) is 14.9 Å². The van der Waals surface area contributed by atoms with Crippen molar-refractivity contribution in [2.75, 3.05) is 18.4 Å². The summed E-state index contributed by atoms with van der Waals surface area (Å²) in [7, 11) is 0. The Kier molecular flexibility index (Phi) is 4.67. The zero-order valence-corrected chi connectivity index (χ0v) is 11.0. The molecule has 0 saturated heterocycles. The van der Waals surface area contributed by atoms with Crippen molar-refractivity contribution in [2.24, 2.45) is 5.73 Å². The minimum atomic E-state index is -0.418. The lowest BCUT2D eigenvalue weighted by Crippen LogP contribution is -2.53. The van der Waals surface area contributed by atoms with E-state index < -0.39 is 5.54 Å². The first-order valence-corrected chi connectivity index (χ1v) is 5.95. The van der Waals surface area contributed by atoms with Gasteiger partial charge in [-0.05, 0) is 45.0 Å². The summed E-state index contributed by atoms with van der Waals surface area (Å²) in [5.74, 6) is -0.331. The van der Waals surface area contributed by atoms with E-state index in [0.29, 0.717) is 18.8 Å². The molecule has 0 aliphatic rings. The van der Waals surface area contributed by atoms with E-state index in [1.54, 1.807) is 4.90 Å². The van der Waals surface area contributed by atoms with Crippen LogP contribution in [0.2, 0.25) is 0 Å². The molecule has 0 atom stereocenters. The molecule has 0 fully saturated rings. The van der Waals surface area contributed by atoms with E-state index in [9.17, 15) is 9.18 Å². The Hall–Kier alpha value is -1.62. The molecule has 0 aromatic heterocycles. The SMILES string of the molecule is CCN(C(=O)Nc1ccc(F)cc1)C(C)(C)CN. The summed E-state index contributed by atoms with van der Waals surface area (Å²) in [5, 5.41) is 2.73. The number of carbonyl (C=O) groups is 1. The van der Waals surface area contributed by atoms with Crippen LogP contribution in [0.5, 0.6) is 0 Å². The highest BCUT2D eigenvalue weighted by Gasteiger charge is 2.28. The highest BCUT2D eigenvalue weighted by molar-refractivity contribution is 5.89. The van der Waals surface area contributed by atoms with Gasteiger partial charge in [0.15, 0.2) is 0 Å². The first kappa shape index (κ1) is 14.4. The van der Waals surface area contributed by atoms with Crippen LogP contribution in [-0.2, 0) is 0 Å². The van der Waals surface area contributed by atoms with E-state index >= 15 is 0 Å². The van der Waals surface area contributed by atoms with Crippen molar-refractivity contribution in [1.82, 2.24) is 4.90 Å². The number of nitrogens with zero attached hydrogens (tertiary/aromatic N) is 1. The molecule has 0 saturated carbocycles. The lowest BCUT2D eigenvalue weighted by atomic mass is 10.0. The quantitative estimate of drug-likeness (QED) is 0.865. The van der Waals surface area contributed by atoms with Gasteiger partial charge in [-0.3, -0.25) is 0 Å². The molecule has 0 radical (unpaired) electrons. The van der Waals surface area contributed by atoms with E-state index in [2.05, 4.69) is 5.32 Å². The summed E-state index contributed by atoms with van der Waals surface area (Å²) in [4.78, 5) is 13.7. The minimum absolute atomic E-state index is 0.237. The minimum Gasteiger partial charge on any atom is -0.328 e. The molecular formula is C13H20FN3O. The number of nitrogens with two attached hydrogens (primary N) is 1. The molecule has 0 aliphatic heterocycles. The molecule has 1 aromatic carbocycles. The van der Waals surface area contributed by atoms with Crippen LogP contribution in [0.3, 0.4) is 0 Å². The molecule has 3 N–H and O–H groups in total. The Morgan fingerprint density at radius 3 is 2.39 bits per heavy atom. The van der Waals surface area contributed by atoms with Crippen molar-refractivity contribution >= 4 is 11.7 Å². The lowest BCUT2D eigenvalue weighted by Gasteiger charge is -2.36. The van der Waals surface area contributed by atoms with Gasteiger partial charge in [0.2, 0.25) is 0 Å². The van der Waals surface area contributed by atoms with Crippen molar-refractivity contribution in [2.45, 2.75) is 26.3 Å². The van der Waals surface area contributed by atoms with Gasteiger partial charge in [-0.15, -0.1) is 0 Å². The van der Waals surface area contributed by atoms with E-state index in [0.717, 1.165) is 0 Å². The van der Waals surface area contributed by atoms with E-state index in [1.165, 1.54) is 24.3 Å².